The average molecular weight is 383 g/mol. The molecule has 0 saturated heterocycles. The van der Waals surface area contributed by atoms with Crippen LogP contribution in [0.25, 0.3) is 10.9 Å². The molecule has 1 aliphatic rings. The highest BCUT2D eigenvalue weighted by Gasteiger charge is 2.26. The number of nitrogens with zero attached hydrogens (tertiary/aromatic N) is 1. The summed E-state index contributed by atoms with van der Waals surface area (Å²) in [6, 6.07) is 13.9. The Balaban J connectivity index is 1.62. The number of nitrogens with one attached hydrogen (secondary N) is 1. The lowest BCUT2D eigenvalue weighted by molar-refractivity contribution is 0.0935. The van der Waals surface area contributed by atoms with E-state index in [1.54, 1.807) is 0 Å². The van der Waals surface area contributed by atoms with E-state index in [9.17, 15) is 4.79 Å². The van der Waals surface area contributed by atoms with Gasteiger partial charge in [0.25, 0.3) is 5.91 Å². The topological polar surface area (TPSA) is 43.3 Å². The van der Waals surface area contributed by atoms with E-state index in [2.05, 4.69) is 43.4 Å². The molecule has 0 fully saturated rings. The lowest BCUT2D eigenvalue weighted by Crippen LogP contribution is -2.31. The normalized spacial score (nSPS) is 15.6. The molecule has 0 spiro atoms. The largest absolute Gasteiger partial charge is 0.486 e. The van der Waals surface area contributed by atoms with Crippen molar-refractivity contribution in [2.24, 2.45) is 0 Å². The highest BCUT2D eigenvalue weighted by Crippen LogP contribution is 2.38. The minimum atomic E-state index is -0.0930. The second kappa shape index (κ2) is 7.28. The third-order valence-corrected chi connectivity index (χ3v) is 5.55. The lowest BCUT2D eigenvalue weighted by Gasteiger charge is -2.26. The number of benzene rings is 2. The van der Waals surface area contributed by atoms with Gasteiger partial charge in [-0.15, -0.1) is 0 Å². The Labute approximate surface area is 164 Å². The van der Waals surface area contributed by atoms with Crippen molar-refractivity contribution in [2.45, 2.75) is 45.9 Å². The molecule has 2 heterocycles. The Morgan fingerprint density at radius 3 is 2.63 bits per heavy atom. The van der Waals surface area contributed by atoms with E-state index in [1.807, 2.05) is 22.8 Å². The Morgan fingerprint density at radius 1 is 1.19 bits per heavy atom. The molecule has 1 amide bonds. The van der Waals surface area contributed by atoms with E-state index in [1.165, 1.54) is 5.56 Å². The number of halogens is 1. The zero-order valence-corrected chi connectivity index (χ0v) is 16.3. The van der Waals surface area contributed by atoms with E-state index in [0.717, 1.165) is 35.1 Å². The first kappa shape index (κ1) is 17.9. The zero-order chi connectivity index (χ0) is 19.0. The summed E-state index contributed by atoms with van der Waals surface area (Å²) in [7, 11) is 0. The first-order valence-electron chi connectivity index (χ1n) is 9.45. The predicted octanol–water partition coefficient (Wildman–Crippen LogP) is 4.96. The second-order valence-electron chi connectivity index (χ2n) is 6.95. The van der Waals surface area contributed by atoms with Crippen LogP contribution in [0.1, 0.15) is 41.9 Å². The molecule has 0 bridgehead atoms. The van der Waals surface area contributed by atoms with Crippen LogP contribution in [0.5, 0.6) is 5.75 Å². The number of carbonyl (C=O) groups is 1. The molecule has 5 heteroatoms. The summed E-state index contributed by atoms with van der Waals surface area (Å²) in [5, 5.41) is 4.54. The van der Waals surface area contributed by atoms with Gasteiger partial charge in [0.2, 0.25) is 0 Å². The first-order valence-corrected chi connectivity index (χ1v) is 9.83. The van der Waals surface area contributed by atoms with Gasteiger partial charge >= 0.3 is 0 Å². The molecule has 3 aromatic rings. The van der Waals surface area contributed by atoms with Crippen molar-refractivity contribution in [3.8, 4) is 5.75 Å². The Kier molecular flexibility index (Phi) is 4.83. The Morgan fingerprint density at radius 2 is 1.93 bits per heavy atom. The maximum atomic E-state index is 12.9. The third kappa shape index (κ3) is 3.30. The lowest BCUT2D eigenvalue weighted by atomic mass is 10.1. The number of hydrogen-bond donors (Lipinski definition) is 1. The molecule has 2 aromatic carbocycles. The molecule has 0 aliphatic carbocycles. The van der Waals surface area contributed by atoms with Crippen molar-refractivity contribution in [1.29, 1.82) is 0 Å². The predicted molar refractivity (Wildman–Crippen MR) is 109 cm³/mol. The van der Waals surface area contributed by atoms with Crippen molar-refractivity contribution >= 4 is 28.4 Å². The van der Waals surface area contributed by atoms with E-state index in [0.29, 0.717) is 23.8 Å². The molecular formula is C22H23ClN2O2. The average Bonchev–Trinajstić information content (AvgIpc) is 3.10. The van der Waals surface area contributed by atoms with E-state index in [4.69, 9.17) is 16.3 Å². The van der Waals surface area contributed by atoms with Gasteiger partial charge in [-0.2, -0.15) is 0 Å². The fraction of sp³-hybridized carbons (Fsp3) is 0.318. The Hall–Kier alpha value is -2.46. The molecule has 1 atom stereocenters. The van der Waals surface area contributed by atoms with Crippen molar-refractivity contribution in [1.82, 2.24) is 9.88 Å². The highest BCUT2D eigenvalue weighted by atomic mass is 35.5. The summed E-state index contributed by atoms with van der Waals surface area (Å²) in [4.78, 5) is 12.9. The SMILES string of the molecule is CCc1ccc(CNC(=O)c2cc3c(Cl)ccc4c3n2CC(CC)O4)cc1. The van der Waals surface area contributed by atoms with E-state index < -0.39 is 0 Å². The summed E-state index contributed by atoms with van der Waals surface area (Å²) in [5.74, 6) is 0.700. The van der Waals surface area contributed by atoms with Crippen molar-refractivity contribution < 1.29 is 9.53 Å². The molecule has 27 heavy (non-hydrogen) atoms. The van der Waals surface area contributed by atoms with Gasteiger partial charge in [0.05, 0.1) is 17.1 Å². The molecule has 1 aliphatic heterocycles. The van der Waals surface area contributed by atoms with Gasteiger partial charge in [0, 0.05) is 11.9 Å². The number of aryl methyl sites for hydroxylation is 1. The van der Waals surface area contributed by atoms with Gasteiger partial charge in [-0.1, -0.05) is 49.7 Å². The molecule has 4 nitrogen and oxygen atoms in total. The number of ether oxygens (including phenoxy) is 1. The number of amides is 1. The summed E-state index contributed by atoms with van der Waals surface area (Å²) in [6.07, 6.45) is 1.95. The van der Waals surface area contributed by atoms with Crippen LogP contribution in [-0.4, -0.2) is 16.6 Å². The standard InChI is InChI=1S/C22H23ClN2O2/c1-3-14-5-7-15(8-6-14)12-24-22(26)19-11-17-18(23)9-10-20-21(17)25(19)13-16(4-2)27-20/h5-11,16H,3-4,12-13H2,1-2H3,(H,24,26). The number of hydrogen-bond acceptors (Lipinski definition) is 2. The fourth-order valence-electron chi connectivity index (χ4n) is 3.59. The molecule has 1 aromatic heterocycles. The minimum absolute atomic E-state index is 0.0578. The van der Waals surface area contributed by atoms with Crippen LogP contribution in [-0.2, 0) is 19.5 Å². The summed E-state index contributed by atoms with van der Waals surface area (Å²) in [6.45, 7) is 5.37. The zero-order valence-electron chi connectivity index (χ0n) is 15.6. The molecule has 0 saturated carbocycles. The molecule has 0 radical (unpaired) electrons. The van der Waals surface area contributed by atoms with Crippen molar-refractivity contribution in [2.75, 3.05) is 0 Å². The Bertz CT molecular complexity index is 992. The van der Waals surface area contributed by atoms with Crippen LogP contribution in [0.15, 0.2) is 42.5 Å². The van der Waals surface area contributed by atoms with Crippen molar-refractivity contribution in [3.63, 3.8) is 0 Å². The summed E-state index contributed by atoms with van der Waals surface area (Å²) < 4.78 is 8.09. The minimum Gasteiger partial charge on any atom is -0.486 e. The van der Waals surface area contributed by atoms with Gasteiger partial charge in [-0.25, -0.2) is 0 Å². The third-order valence-electron chi connectivity index (χ3n) is 5.22. The highest BCUT2D eigenvalue weighted by molar-refractivity contribution is 6.36. The number of aromatic nitrogens is 1. The monoisotopic (exact) mass is 382 g/mol. The van der Waals surface area contributed by atoms with Gasteiger partial charge in [0.15, 0.2) is 0 Å². The van der Waals surface area contributed by atoms with Gasteiger partial charge in [0.1, 0.15) is 17.5 Å². The fourth-order valence-corrected chi connectivity index (χ4v) is 3.79. The van der Waals surface area contributed by atoms with Crippen LogP contribution < -0.4 is 10.1 Å². The number of rotatable bonds is 5. The molecule has 1 N–H and O–H groups in total. The van der Waals surface area contributed by atoms with Gasteiger partial charge < -0.3 is 14.6 Å². The van der Waals surface area contributed by atoms with Crippen LogP contribution >= 0.6 is 11.6 Å². The molecule has 4 rings (SSSR count). The van der Waals surface area contributed by atoms with Crippen molar-refractivity contribution in [3.05, 3.63) is 64.3 Å². The van der Waals surface area contributed by atoms with Gasteiger partial charge in [-0.3, -0.25) is 4.79 Å². The first-order chi connectivity index (χ1) is 13.1. The second-order valence-corrected chi connectivity index (χ2v) is 7.36. The van der Waals surface area contributed by atoms with Crippen LogP contribution in [0, 0.1) is 0 Å². The quantitative estimate of drug-likeness (QED) is 0.677. The van der Waals surface area contributed by atoms with Crippen LogP contribution in [0.3, 0.4) is 0 Å². The van der Waals surface area contributed by atoms with Crippen LogP contribution in [0.2, 0.25) is 5.02 Å². The molecule has 140 valence electrons. The molecular weight excluding hydrogens is 360 g/mol. The van der Waals surface area contributed by atoms with E-state index in [-0.39, 0.29) is 12.0 Å². The maximum Gasteiger partial charge on any atom is 0.268 e. The maximum absolute atomic E-state index is 12.9. The molecule has 1 unspecified atom stereocenters. The van der Waals surface area contributed by atoms with E-state index >= 15 is 0 Å². The summed E-state index contributed by atoms with van der Waals surface area (Å²) in [5.41, 5.74) is 3.92. The summed E-state index contributed by atoms with van der Waals surface area (Å²) >= 11 is 6.37. The van der Waals surface area contributed by atoms with Crippen LogP contribution in [0.4, 0.5) is 0 Å². The smallest absolute Gasteiger partial charge is 0.268 e. The van der Waals surface area contributed by atoms with Gasteiger partial charge in [-0.05, 0) is 42.2 Å². The number of carbonyl (C=O) groups excluding carboxylic acids is 1.